The standard InChI is InChI=1S/C25H29ClFN7O2/c1-25(2,3)20(23(36)28-4)32-22(35)19-18-14-33(24-29-9-5-10-30-24)11-6-12-34(18)21(31-19)16-8-7-15(26)13-17(16)27/h5,7-10,13,20H,6,11-12,14H2,1-4H3,(H,28,36)(H,32,35). The first kappa shape index (κ1) is 25.6. The van der Waals surface area contributed by atoms with Crippen LogP contribution in [0.2, 0.25) is 5.02 Å². The average molecular weight is 514 g/mol. The highest BCUT2D eigenvalue weighted by Crippen LogP contribution is 2.31. The van der Waals surface area contributed by atoms with Gasteiger partial charge in [0.2, 0.25) is 11.9 Å². The van der Waals surface area contributed by atoms with E-state index in [1.54, 1.807) is 30.6 Å². The van der Waals surface area contributed by atoms with E-state index in [1.807, 2.05) is 30.2 Å². The number of anilines is 1. The van der Waals surface area contributed by atoms with Crippen LogP contribution in [0.15, 0.2) is 36.7 Å². The summed E-state index contributed by atoms with van der Waals surface area (Å²) in [6, 6.07) is 5.30. The number of carbonyl (C=O) groups excluding carboxylic acids is 2. The molecular formula is C25H29ClFN7O2. The van der Waals surface area contributed by atoms with E-state index in [0.29, 0.717) is 37.0 Å². The van der Waals surface area contributed by atoms with Gasteiger partial charge in [-0.15, -0.1) is 0 Å². The van der Waals surface area contributed by atoms with Crippen LogP contribution in [0.1, 0.15) is 43.4 Å². The molecule has 0 spiro atoms. The lowest BCUT2D eigenvalue weighted by Crippen LogP contribution is -2.53. The third kappa shape index (κ3) is 5.18. The van der Waals surface area contributed by atoms with Gasteiger partial charge >= 0.3 is 0 Å². The van der Waals surface area contributed by atoms with Gasteiger partial charge in [0.1, 0.15) is 17.7 Å². The second-order valence-corrected chi connectivity index (χ2v) is 10.2. The number of nitrogens with one attached hydrogen (secondary N) is 2. The van der Waals surface area contributed by atoms with Crippen LogP contribution in [0.25, 0.3) is 11.4 Å². The van der Waals surface area contributed by atoms with Crippen LogP contribution in [0, 0.1) is 11.2 Å². The molecule has 1 aromatic carbocycles. The Bertz CT molecular complexity index is 1270. The Kier molecular flexibility index (Phi) is 7.26. The fourth-order valence-electron chi connectivity index (χ4n) is 4.27. The SMILES string of the molecule is CNC(=O)C(NC(=O)c1nc(-c2ccc(Cl)cc2F)n2c1CN(c1ncccn1)CCC2)C(C)(C)C. The van der Waals surface area contributed by atoms with Gasteiger partial charge in [-0.25, -0.2) is 19.3 Å². The first-order valence-corrected chi connectivity index (χ1v) is 12.1. The van der Waals surface area contributed by atoms with Crippen molar-refractivity contribution in [2.75, 3.05) is 18.5 Å². The predicted octanol–water partition coefficient (Wildman–Crippen LogP) is 3.43. The Balaban J connectivity index is 1.81. The van der Waals surface area contributed by atoms with Gasteiger partial charge in [-0.1, -0.05) is 32.4 Å². The molecule has 0 saturated carbocycles. The average Bonchev–Trinajstić information content (AvgIpc) is 3.04. The summed E-state index contributed by atoms with van der Waals surface area (Å²) in [6.45, 7) is 7.03. The Morgan fingerprint density at radius 2 is 1.89 bits per heavy atom. The van der Waals surface area contributed by atoms with Gasteiger partial charge in [0, 0.05) is 37.6 Å². The molecule has 0 aliphatic carbocycles. The monoisotopic (exact) mass is 513 g/mol. The maximum absolute atomic E-state index is 15.0. The van der Waals surface area contributed by atoms with Crippen molar-refractivity contribution in [2.45, 2.75) is 46.3 Å². The zero-order valence-electron chi connectivity index (χ0n) is 20.7. The van der Waals surface area contributed by atoms with Crippen molar-refractivity contribution in [1.29, 1.82) is 0 Å². The van der Waals surface area contributed by atoms with Crippen molar-refractivity contribution in [1.82, 2.24) is 30.2 Å². The molecule has 3 heterocycles. The largest absolute Gasteiger partial charge is 0.357 e. The molecule has 3 aromatic rings. The summed E-state index contributed by atoms with van der Waals surface area (Å²) < 4.78 is 16.8. The second kappa shape index (κ2) is 10.2. The minimum atomic E-state index is -0.803. The van der Waals surface area contributed by atoms with Gasteiger partial charge in [0.15, 0.2) is 5.69 Å². The van der Waals surface area contributed by atoms with Gasteiger partial charge in [-0.2, -0.15) is 0 Å². The highest BCUT2D eigenvalue weighted by Gasteiger charge is 2.35. The summed E-state index contributed by atoms with van der Waals surface area (Å²) in [5, 5.41) is 5.72. The zero-order chi connectivity index (χ0) is 26.0. The molecule has 9 nitrogen and oxygen atoms in total. The summed E-state index contributed by atoms with van der Waals surface area (Å²) in [6.07, 6.45) is 4.02. The summed E-state index contributed by atoms with van der Waals surface area (Å²) in [4.78, 5) is 41.4. The molecule has 0 saturated heterocycles. The topological polar surface area (TPSA) is 105 Å². The zero-order valence-corrected chi connectivity index (χ0v) is 21.4. The van der Waals surface area contributed by atoms with E-state index >= 15 is 0 Å². The lowest BCUT2D eigenvalue weighted by atomic mass is 9.86. The third-order valence-corrected chi connectivity index (χ3v) is 6.33. The molecule has 11 heteroatoms. The number of carbonyl (C=O) groups is 2. The van der Waals surface area contributed by atoms with E-state index in [4.69, 9.17) is 11.6 Å². The van der Waals surface area contributed by atoms with Crippen LogP contribution < -0.4 is 15.5 Å². The lowest BCUT2D eigenvalue weighted by Gasteiger charge is -2.29. The van der Waals surface area contributed by atoms with Gasteiger partial charge in [0.25, 0.3) is 5.91 Å². The Morgan fingerprint density at radius 3 is 2.53 bits per heavy atom. The van der Waals surface area contributed by atoms with E-state index in [1.165, 1.54) is 13.1 Å². The number of hydrogen-bond acceptors (Lipinski definition) is 6. The Hall–Kier alpha value is -3.53. The molecule has 2 amide bonds. The lowest BCUT2D eigenvalue weighted by molar-refractivity contribution is -0.124. The third-order valence-electron chi connectivity index (χ3n) is 6.10. The number of imidazole rings is 1. The maximum Gasteiger partial charge on any atom is 0.272 e. The number of amides is 2. The molecule has 4 rings (SSSR count). The van der Waals surface area contributed by atoms with Gasteiger partial charge in [0.05, 0.1) is 17.8 Å². The van der Waals surface area contributed by atoms with E-state index < -0.39 is 23.2 Å². The van der Waals surface area contributed by atoms with Crippen molar-refractivity contribution in [3.8, 4) is 11.4 Å². The minimum Gasteiger partial charge on any atom is -0.357 e. The normalized spacial score (nSPS) is 14.6. The fraction of sp³-hybridized carbons (Fsp3) is 0.400. The molecule has 0 fully saturated rings. The van der Waals surface area contributed by atoms with Crippen LogP contribution in [0.3, 0.4) is 0 Å². The van der Waals surface area contributed by atoms with E-state index in [2.05, 4.69) is 25.6 Å². The predicted molar refractivity (Wildman–Crippen MR) is 135 cm³/mol. The Labute approximate surface area is 214 Å². The number of hydrogen-bond donors (Lipinski definition) is 2. The highest BCUT2D eigenvalue weighted by molar-refractivity contribution is 6.30. The fourth-order valence-corrected chi connectivity index (χ4v) is 4.43. The summed E-state index contributed by atoms with van der Waals surface area (Å²) in [7, 11) is 1.52. The van der Waals surface area contributed by atoms with Crippen molar-refractivity contribution in [3.63, 3.8) is 0 Å². The first-order valence-electron chi connectivity index (χ1n) is 11.7. The summed E-state index contributed by atoms with van der Waals surface area (Å²) >= 11 is 5.97. The first-order chi connectivity index (χ1) is 17.1. The molecule has 1 unspecified atom stereocenters. The quantitative estimate of drug-likeness (QED) is 0.541. The van der Waals surface area contributed by atoms with Gasteiger partial charge < -0.3 is 20.1 Å². The molecule has 1 aliphatic rings. The van der Waals surface area contributed by atoms with Crippen molar-refractivity contribution >= 4 is 29.4 Å². The van der Waals surface area contributed by atoms with Gasteiger partial charge in [-0.05, 0) is 36.1 Å². The molecule has 0 radical (unpaired) electrons. The molecule has 1 atom stereocenters. The number of rotatable bonds is 5. The summed E-state index contributed by atoms with van der Waals surface area (Å²) in [5.41, 5.74) is 0.399. The highest BCUT2D eigenvalue weighted by atomic mass is 35.5. The van der Waals surface area contributed by atoms with Crippen LogP contribution in [0.5, 0.6) is 0 Å². The Morgan fingerprint density at radius 1 is 1.17 bits per heavy atom. The molecular weight excluding hydrogens is 485 g/mol. The molecule has 36 heavy (non-hydrogen) atoms. The molecule has 2 aromatic heterocycles. The van der Waals surface area contributed by atoms with Crippen LogP contribution in [-0.4, -0.2) is 51.0 Å². The molecule has 190 valence electrons. The number of benzene rings is 1. The van der Waals surface area contributed by atoms with Crippen LogP contribution in [0.4, 0.5) is 10.3 Å². The number of halogens is 2. The smallest absolute Gasteiger partial charge is 0.272 e. The number of nitrogens with zero attached hydrogens (tertiary/aromatic N) is 5. The summed E-state index contributed by atoms with van der Waals surface area (Å²) in [5.74, 6) is -0.515. The minimum absolute atomic E-state index is 0.125. The molecule has 2 N–H and O–H groups in total. The van der Waals surface area contributed by atoms with Gasteiger partial charge in [-0.3, -0.25) is 9.59 Å². The molecule has 1 aliphatic heterocycles. The van der Waals surface area contributed by atoms with E-state index in [9.17, 15) is 14.0 Å². The van der Waals surface area contributed by atoms with E-state index in [-0.39, 0.29) is 28.7 Å². The molecule has 0 bridgehead atoms. The second-order valence-electron chi connectivity index (χ2n) is 9.72. The van der Waals surface area contributed by atoms with Crippen LogP contribution >= 0.6 is 11.6 Å². The maximum atomic E-state index is 15.0. The van der Waals surface area contributed by atoms with Crippen molar-refractivity contribution in [2.24, 2.45) is 5.41 Å². The van der Waals surface area contributed by atoms with Crippen molar-refractivity contribution in [3.05, 3.63) is 58.9 Å². The van der Waals surface area contributed by atoms with Crippen LogP contribution in [-0.2, 0) is 17.9 Å². The van der Waals surface area contributed by atoms with Crippen molar-refractivity contribution < 1.29 is 14.0 Å². The van der Waals surface area contributed by atoms with E-state index in [0.717, 1.165) is 0 Å². The number of fused-ring (bicyclic) bond motifs is 1. The number of likely N-dealkylation sites (N-methyl/N-ethyl adjacent to an activating group) is 1. The number of aromatic nitrogens is 4.